The van der Waals surface area contributed by atoms with Crippen molar-refractivity contribution in [3.05, 3.63) is 22.3 Å². The van der Waals surface area contributed by atoms with Gasteiger partial charge >= 0.3 is 18.1 Å². The number of carboxylic acids is 1. The van der Waals surface area contributed by atoms with Crippen molar-refractivity contribution in [2.45, 2.75) is 17.6 Å². The fourth-order valence-corrected chi connectivity index (χ4v) is 4.94. The molecule has 3 rings (SSSR count). The molecule has 2 aliphatic rings. The quantitative estimate of drug-likeness (QED) is 0.219. The minimum atomic E-state index is -5.14. The molecule has 12 nitrogen and oxygen atoms in total. The van der Waals surface area contributed by atoms with Gasteiger partial charge in [0.2, 0.25) is 0 Å². The maximum Gasteiger partial charge on any atom is 0.471 e. The van der Waals surface area contributed by atoms with E-state index in [2.05, 4.69) is 20.3 Å². The number of alkyl halides is 3. The Morgan fingerprint density at radius 3 is 2.67 bits per heavy atom. The maximum atomic E-state index is 12.7. The predicted octanol–water partition coefficient (Wildman–Crippen LogP) is -0.275. The van der Waals surface area contributed by atoms with E-state index in [1.54, 1.807) is 5.32 Å². The van der Waals surface area contributed by atoms with Crippen LogP contribution in [0.15, 0.2) is 21.8 Å². The van der Waals surface area contributed by atoms with Crippen LogP contribution in [0.4, 0.5) is 18.3 Å². The largest absolute Gasteiger partial charge is 0.477 e. The number of thiazole rings is 1. The number of hydrogen-bond donors (Lipinski definition) is 4. The average molecular weight is 509 g/mol. The van der Waals surface area contributed by atoms with Crippen LogP contribution in [0.2, 0.25) is 0 Å². The molecule has 1 unspecified atom stereocenters. The number of nitrogens with zero attached hydrogens (tertiary/aromatic N) is 3. The number of anilines is 1. The normalized spacial score (nSPS) is 20.7. The summed E-state index contributed by atoms with van der Waals surface area (Å²) in [5, 5.41) is 26.0. The van der Waals surface area contributed by atoms with Crippen molar-refractivity contribution in [3.63, 3.8) is 0 Å². The van der Waals surface area contributed by atoms with E-state index in [1.807, 2.05) is 0 Å². The van der Waals surface area contributed by atoms with Gasteiger partial charge in [0.1, 0.15) is 29.9 Å². The summed E-state index contributed by atoms with van der Waals surface area (Å²) in [6, 6.07) is -1.14. The molecule has 1 aromatic rings. The first-order valence-electron chi connectivity index (χ1n) is 8.76. The van der Waals surface area contributed by atoms with Crippen LogP contribution >= 0.6 is 23.1 Å². The minimum absolute atomic E-state index is 0.117. The number of β-lactam (4-membered cyclic amide) rings is 1. The lowest BCUT2D eigenvalue weighted by molar-refractivity contribution is -0.167. The predicted molar refractivity (Wildman–Crippen MR) is 107 cm³/mol. The molecule has 1 saturated heterocycles. The lowest BCUT2D eigenvalue weighted by Gasteiger charge is -2.49. The summed E-state index contributed by atoms with van der Waals surface area (Å²) in [6.45, 7) is -0.552. The van der Waals surface area contributed by atoms with E-state index in [9.17, 15) is 42.6 Å². The summed E-state index contributed by atoms with van der Waals surface area (Å²) in [5.74, 6) is -5.25. The van der Waals surface area contributed by atoms with Crippen molar-refractivity contribution in [2.24, 2.45) is 5.16 Å². The molecule has 0 aromatic carbocycles. The summed E-state index contributed by atoms with van der Waals surface area (Å²) >= 11 is 1.72. The number of oxime groups is 1. The van der Waals surface area contributed by atoms with E-state index < -0.39 is 58.7 Å². The molecule has 4 N–H and O–H groups in total. The summed E-state index contributed by atoms with van der Waals surface area (Å²) in [7, 11) is 1.10. The number of aliphatic hydroxyl groups is 1. The smallest absolute Gasteiger partial charge is 0.471 e. The minimum Gasteiger partial charge on any atom is -0.477 e. The number of hydrogen-bond acceptors (Lipinski definition) is 10. The van der Waals surface area contributed by atoms with Gasteiger partial charge in [0.05, 0.1) is 6.61 Å². The first kappa shape index (κ1) is 24.5. The SMILES string of the molecule is CON=C(C(=O)NC1C(=O)N2C(C(=O)O)=C(CO)CS[C@@H]12)c1csc(NC(=O)C(F)(F)F)n1. The Bertz CT molecular complexity index is 1070. The molecule has 0 radical (unpaired) electrons. The number of fused-ring (bicyclic) bond motifs is 1. The third-order valence-electron chi connectivity index (χ3n) is 4.35. The van der Waals surface area contributed by atoms with Crippen LogP contribution in [0.25, 0.3) is 0 Å². The van der Waals surface area contributed by atoms with E-state index in [4.69, 9.17) is 0 Å². The van der Waals surface area contributed by atoms with E-state index in [-0.39, 0.29) is 22.7 Å². The van der Waals surface area contributed by atoms with Crippen LogP contribution < -0.4 is 10.6 Å². The number of halogens is 3. The number of nitrogens with one attached hydrogen (secondary N) is 2. The molecule has 0 aliphatic carbocycles. The van der Waals surface area contributed by atoms with Crippen molar-refractivity contribution in [2.75, 3.05) is 24.8 Å². The van der Waals surface area contributed by atoms with Crippen molar-refractivity contribution >= 4 is 57.6 Å². The Hall–Kier alpha value is -3.18. The molecule has 0 spiro atoms. The molecule has 1 aromatic heterocycles. The number of thioether (sulfide) groups is 1. The second-order valence-corrected chi connectivity index (χ2v) is 8.35. The molecular weight excluding hydrogens is 495 g/mol. The highest BCUT2D eigenvalue weighted by Gasteiger charge is 2.54. The van der Waals surface area contributed by atoms with E-state index in [1.165, 1.54) is 0 Å². The monoisotopic (exact) mass is 509 g/mol. The van der Waals surface area contributed by atoms with Crippen LogP contribution in [0, 0.1) is 0 Å². The molecule has 17 heteroatoms. The van der Waals surface area contributed by atoms with Gasteiger partial charge in [-0.2, -0.15) is 13.2 Å². The van der Waals surface area contributed by atoms with Gasteiger partial charge in [-0.3, -0.25) is 24.6 Å². The van der Waals surface area contributed by atoms with Crippen molar-refractivity contribution in [3.8, 4) is 0 Å². The summed E-state index contributed by atoms with van der Waals surface area (Å²) in [5.41, 5.74) is -0.921. The number of aliphatic hydroxyl groups excluding tert-OH is 1. The molecule has 0 bridgehead atoms. The van der Waals surface area contributed by atoms with Gasteiger partial charge in [-0.25, -0.2) is 9.78 Å². The van der Waals surface area contributed by atoms with Gasteiger partial charge in [0.25, 0.3) is 11.8 Å². The first-order chi connectivity index (χ1) is 15.5. The van der Waals surface area contributed by atoms with Gasteiger partial charge < -0.3 is 20.4 Å². The van der Waals surface area contributed by atoms with Crippen LogP contribution in [0.1, 0.15) is 5.69 Å². The number of aromatic nitrogens is 1. The second-order valence-electron chi connectivity index (χ2n) is 6.39. The molecule has 2 atom stereocenters. The zero-order chi connectivity index (χ0) is 24.5. The summed E-state index contributed by atoms with van der Waals surface area (Å²) < 4.78 is 37.2. The Balaban J connectivity index is 1.75. The maximum absolute atomic E-state index is 12.7. The van der Waals surface area contributed by atoms with Crippen molar-refractivity contribution < 1.29 is 47.4 Å². The van der Waals surface area contributed by atoms with Crippen LogP contribution in [-0.4, -0.2) is 86.6 Å². The fraction of sp³-hybridized carbons (Fsp3) is 0.375. The number of carbonyl (C=O) groups is 4. The Morgan fingerprint density at radius 1 is 1.39 bits per heavy atom. The van der Waals surface area contributed by atoms with Gasteiger partial charge in [-0.15, -0.1) is 23.1 Å². The molecular formula is C16H14F3N5O7S2. The van der Waals surface area contributed by atoms with Gasteiger partial charge in [-0.05, 0) is 5.57 Å². The molecule has 3 amide bonds. The number of carbonyl (C=O) groups excluding carboxylic acids is 3. The number of aliphatic carboxylic acids is 1. The van der Waals surface area contributed by atoms with Crippen LogP contribution in [0.3, 0.4) is 0 Å². The van der Waals surface area contributed by atoms with Crippen molar-refractivity contribution in [1.82, 2.24) is 15.2 Å². The number of carboxylic acid groups (broad SMARTS) is 1. The third-order valence-corrected chi connectivity index (χ3v) is 6.45. The lowest BCUT2D eigenvalue weighted by atomic mass is 10.0. The standard InChI is InChI=1S/C16H14F3N5O7S2/c1-31-23-7(6-4-33-15(20-6)22-14(30)16(17,18)19)10(26)21-8-11(27)24-9(13(28)29)5(2-25)3-32-12(8)24/h4,8,12,25H,2-3H2,1H3,(H,21,26)(H,28,29)(H,20,22,30)/t8?,12-/m0/s1. The fourth-order valence-electron chi connectivity index (χ4n) is 2.92. The highest BCUT2D eigenvalue weighted by Crippen LogP contribution is 2.40. The molecule has 33 heavy (non-hydrogen) atoms. The third kappa shape index (κ3) is 4.79. The van der Waals surface area contributed by atoms with E-state index in [0.29, 0.717) is 11.3 Å². The molecule has 3 heterocycles. The highest BCUT2D eigenvalue weighted by molar-refractivity contribution is 8.00. The molecule has 1 fully saturated rings. The summed E-state index contributed by atoms with van der Waals surface area (Å²) in [6.07, 6.45) is -5.14. The zero-order valence-electron chi connectivity index (χ0n) is 16.4. The first-order valence-corrected chi connectivity index (χ1v) is 10.7. The Kier molecular flexibility index (Phi) is 6.94. The highest BCUT2D eigenvalue weighted by atomic mass is 32.2. The van der Waals surface area contributed by atoms with E-state index >= 15 is 0 Å². The molecule has 0 saturated carbocycles. The number of rotatable bonds is 7. The van der Waals surface area contributed by atoms with Gasteiger partial charge in [-0.1, -0.05) is 5.16 Å². The molecule has 178 valence electrons. The average Bonchev–Trinajstić information content (AvgIpc) is 3.21. The summed E-state index contributed by atoms with van der Waals surface area (Å²) in [4.78, 5) is 57.0. The van der Waals surface area contributed by atoms with Crippen molar-refractivity contribution in [1.29, 1.82) is 0 Å². The molecule has 2 aliphatic heterocycles. The van der Waals surface area contributed by atoms with Gasteiger partial charge in [0, 0.05) is 11.1 Å². The second kappa shape index (κ2) is 9.36. The lowest BCUT2D eigenvalue weighted by Crippen LogP contribution is -2.71. The topological polar surface area (TPSA) is 171 Å². The zero-order valence-corrected chi connectivity index (χ0v) is 18.0. The van der Waals surface area contributed by atoms with Gasteiger partial charge in [0.15, 0.2) is 10.8 Å². The number of amides is 3. The van der Waals surface area contributed by atoms with Crippen LogP contribution in [0.5, 0.6) is 0 Å². The Morgan fingerprint density at radius 2 is 2.09 bits per heavy atom. The Labute approximate surface area is 190 Å². The van der Waals surface area contributed by atoms with Crippen LogP contribution in [-0.2, 0) is 24.0 Å². The van der Waals surface area contributed by atoms with E-state index in [0.717, 1.165) is 29.2 Å².